The van der Waals surface area contributed by atoms with Crippen molar-refractivity contribution in [1.29, 1.82) is 0 Å². The smallest absolute Gasteiger partial charge is 0.244 e. The minimum atomic E-state index is -0.353. The van der Waals surface area contributed by atoms with E-state index in [1.807, 2.05) is 0 Å². The van der Waals surface area contributed by atoms with Crippen molar-refractivity contribution in [3.63, 3.8) is 0 Å². The number of phenolic OH excluding ortho intramolecular Hbond substituents is 1. The molecule has 0 bridgehead atoms. The molecule has 2 aromatic rings. The largest absolute Gasteiger partial charge is 0.507 e. The molecule has 1 amide bonds. The van der Waals surface area contributed by atoms with Gasteiger partial charge in [-0.05, 0) is 35.9 Å². The van der Waals surface area contributed by atoms with Gasteiger partial charge in [0.2, 0.25) is 5.91 Å². The molecule has 4 nitrogen and oxygen atoms in total. The van der Waals surface area contributed by atoms with Crippen molar-refractivity contribution in [3.05, 3.63) is 64.4 Å². The third-order valence-corrected chi connectivity index (χ3v) is 2.90. The zero-order chi connectivity index (χ0) is 15.2. The van der Waals surface area contributed by atoms with Crippen LogP contribution in [0.15, 0.2) is 47.6 Å². The van der Waals surface area contributed by atoms with E-state index in [-0.39, 0.29) is 23.9 Å². The number of hydrazone groups is 1. The number of aromatic hydroxyl groups is 1. The highest BCUT2D eigenvalue weighted by Gasteiger charge is 2.03. The summed E-state index contributed by atoms with van der Waals surface area (Å²) in [7, 11) is 0. The summed E-state index contributed by atoms with van der Waals surface area (Å²) in [6.07, 6.45) is 1.38. The van der Waals surface area contributed by atoms with Gasteiger partial charge in [0.05, 0.1) is 12.6 Å². The van der Waals surface area contributed by atoms with Crippen molar-refractivity contribution in [2.24, 2.45) is 5.10 Å². The van der Waals surface area contributed by atoms with Crippen molar-refractivity contribution < 1.29 is 14.3 Å². The number of halogens is 2. The van der Waals surface area contributed by atoms with Crippen LogP contribution in [-0.2, 0) is 11.2 Å². The Kier molecular flexibility index (Phi) is 4.90. The fourth-order valence-electron chi connectivity index (χ4n) is 1.63. The predicted molar refractivity (Wildman–Crippen MR) is 79.0 cm³/mol. The first-order valence-electron chi connectivity index (χ1n) is 6.09. The SMILES string of the molecule is O=C(Cc1ccc(F)cc1)N/N=C/c1cc(Cl)ccc1O. The highest BCUT2D eigenvalue weighted by atomic mass is 35.5. The highest BCUT2D eigenvalue weighted by molar-refractivity contribution is 6.30. The van der Waals surface area contributed by atoms with Crippen LogP contribution < -0.4 is 5.43 Å². The van der Waals surface area contributed by atoms with Gasteiger partial charge in [0, 0.05) is 10.6 Å². The van der Waals surface area contributed by atoms with E-state index in [1.54, 1.807) is 6.07 Å². The quantitative estimate of drug-likeness (QED) is 0.674. The van der Waals surface area contributed by atoms with Crippen LogP contribution in [0.4, 0.5) is 4.39 Å². The molecule has 0 heterocycles. The highest BCUT2D eigenvalue weighted by Crippen LogP contribution is 2.19. The average molecular weight is 307 g/mol. The lowest BCUT2D eigenvalue weighted by atomic mass is 10.1. The van der Waals surface area contributed by atoms with Gasteiger partial charge >= 0.3 is 0 Å². The summed E-state index contributed by atoms with van der Waals surface area (Å²) >= 11 is 5.79. The number of hydrogen-bond donors (Lipinski definition) is 2. The van der Waals surface area contributed by atoms with Crippen LogP contribution in [-0.4, -0.2) is 17.2 Å². The normalized spacial score (nSPS) is 10.8. The molecule has 0 saturated heterocycles. The molecular formula is C15H12ClFN2O2. The number of hydrogen-bond acceptors (Lipinski definition) is 3. The zero-order valence-corrected chi connectivity index (χ0v) is 11.6. The summed E-state index contributed by atoms with van der Waals surface area (Å²) in [6.45, 7) is 0. The van der Waals surface area contributed by atoms with E-state index in [2.05, 4.69) is 10.5 Å². The monoisotopic (exact) mass is 306 g/mol. The Morgan fingerprint density at radius 3 is 2.71 bits per heavy atom. The summed E-state index contributed by atoms with van der Waals surface area (Å²) in [5, 5.41) is 13.8. The van der Waals surface area contributed by atoms with E-state index in [0.717, 1.165) is 0 Å². The van der Waals surface area contributed by atoms with E-state index in [1.165, 1.54) is 42.6 Å². The van der Waals surface area contributed by atoms with Gasteiger partial charge in [-0.15, -0.1) is 0 Å². The van der Waals surface area contributed by atoms with Crippen molar-refractivity contribution in [2.45, 2.75) is 6.42 Å². The maximum atomic E-state index is 12.7. The molecule has 0 fully saturated rings. The molecule has 2 N–H and O–H groups in total. The van der Waals surface area contributed by atoms with E-state index in [4.69, 9.17) is 11.6 Å². The van der Waals surface area contributed by atoms with Crippen LogP contribution >= 0.6 is 11.6 Å². The molecular weight excluding hydrogens is 295 g/mol. The van der Waals surface area contributed by atoms with Crippen molar-refractivity contribution in [3.8, 4) is 5.75 Å². The number of nitrogens with zero attached hydrogens (tertiary/aromatic N) is 1. The Morgan fingerprint density at radius 1 is 1.29 bits per heavy atom. The summed E-state index contributed by atoms with van der Waals surface area (Å²) in [4.78, 5) is 11.6. The number of carbonyl (C=O) groups excluding carboxylic acids is 1. The van der Waals surface area contributed by atoms with Gasteiger partial charge in [-0.2, -0.15) is 5.10 Å². The second-order valence-electron chi connectivity index (χ2n) is 4.30. The molecule has 2 rings (SSSR count). The first kappa shape index (κ1) is 15.0. The van der Waals surface area contributed by atoms with E-state index < -0.39 is 0 Å². The zero-order valence-electron chi connectivity index (χ0n) is 10.9. The van der Waals surface area contributed by atoms with Crippen molar-refractivity contribution in [2.75, 3.05) is 0 Å². The maximum absolute atomic E-state index is 12.7. The minimum absolute atomic E-state index is 0.0101. The third kappa shape index (κ3) is 4.57. The summed E-state index contributed by atoms with van der Waals surface area (Å²) < 4.78 is 12.7. The third-order valence-electron chi connectivity index (χ3n) is 2.66. The molecule has 0 unspecified atom stereocenters. The number of amides is 1. The topological polar surface area (TPSA) is 61.7 Å². The van der Waals surface area contributed by atoms with Gasteiger partial charge in [-0.25, -0.2) is 9.82 Å². The Labute approximate surface area is 125 Å². The maximum Gasteiger partial charge on any atom is 0.244 e. The van der Waals surface area contributed by atoms with Gasteiger partial charge in [0.15, 0.2) is 0 Å². The second-order valence-corrected chi connectivity index (χ2v) is 4.74. The van der Waals surface area contributed by atoms with Gasteiger partial charge in [-0.1, -0.05) is 23.7 Å². The minimum Gasteiger partial charge on any atom is -0.507 e. The Balaban J connectivity index is 1.93. The fraction of sp³-hybridized carbons (Fsp3) is 0.0667. The molecule has 0 atom stereocenters. The summed E-state index contributed by atoms with van der Waals surface area (Å²) in [5.41, 5.74) is 3.39. The molecule has 108 valence electrons. The lowest BCUT2D eigenvalue weighted by Gasteiger charge is -2.01. The Bertz CT molecular complexity index is 672. The van der Waals surface area contributed by atoms with Crippen molar-refractivity contribution >= 4 is 23.7 Å². The van der Waals surface area contributed by atoms with Gasteiger partial charge in [-0.3, -0.25) is 4.79 Å². The van der Waals surface area contributed by atoms with E-state index in [0.29, 0.717) is 16.1 Å². The molecule has 0 radical (unpaired) electrons. The number of rotatable bonds is 4. The molecule has 0 aromatic heterocycles. The number of carbonyl (C=O) groups is 1. The van der Waals surface area contributed by atoms with Crippen LogP contribution in [0.25, 0.3) is 0 Å². The number of phenols is 1. The van der Waals surface area contributed by atoms with Gasteiger partial charge < -0.3 is 5.11 Å². The predicted octanol–water partition coefficient (Wildman–Crippen LogP) is 2.88. The standard InChI is InChI=1S/C15H12ClFN2O2/c16-12-3-6-14(20)11(8-12)9-18-19-15(21)7-10-1-4-13(17)5-2-10/h1-6,8-9,20H,7H2,(H,19,21)/b18-9+. The van der Waals surface area contributed by atoms with E-state index in [9.17, 15) is 14.3 Å². The molecule has 0 spiro atoms. The van der Waals surface area contributed by atoms with E-state index >= 15 is 0 Å². The average Bonchev–Trinajstić information content (AvgIpc) is 2.45. The number of nitrogens with one attached hydrogen (secondary N) is 1. The molecule has 6 heteroatoms. The molecule has 0 aliphatic carbocycles. The first-order chi connectivity index (χ1) is 10.0. The van der Waals surface area contributed by atoms with Crippen LogP contribution in [0, 0.1) is 5.82 Å². The van der Waals surface area contributed by atoms with Crippen molar-refractivity contribution in [1.82, 2.24) is 5.43 Å². The van der Waals surface area contributed by atoms with Crippen LogP contribution in [0.2, 0.25) is 5.02 Å². The second kappa shape index (κ2) is 6.85. The Morgan fingerprint density at radius 2 is 2.00 bits per heavy atom. The van der Waals surface area contributed by atoms with Gasteiger partial charge in [0.25, 0.3) is 0 Å². The molecule has 21 heavy (non-hydrogen) atoms. The van der Waals surface area contributed by atoms with Crippen LogP contribution in [0.1, 0.15) is 11.1 Å². The summed E-state index contributed by atoms with van der Waals surface area (Å²) in [5.74, 6) is -0.691. The molecule has 0 saturated carbocycles. The van der Waals surface area contributed by atoms with Crippen LogP contribution in [0.3, 0.4) is 0 Å². The number of benzene rings is 2. The van der Waals surface area contributed by atoms with Crippen LogP contribution in [0.5, 0.6) is 5.75 Å². The molecule has 0 aliphatic rings. The molecule has 0 aliphatic heterocycles. The fourth-order valence-corrected chi connectivity index (χ4v) is 1.81. The lowest BCUT2D eigenvalue weighted by molar-refractivity contribution is -0.120. The molecule has 2 aromatic carbocycles. The summed E-state index contributed by atoms with van der Waals surface area (Å²) in [6, 6.07) is 10.1. The van der Waals surface area contributed by atoms with Gasteiger partial charge in [0.1, 0.15) is 11.6 Å². The lowest BCUT2D eigenvalue weighted by Crippen LogP contribution is -2.19. The Hall–Kier alpha value is -2.40. The first-order valence-corrected chi connectivity index (χ1v) is 6.47.